The van der Waals surface area contributed by atoms with Crippen molar-refractivity contribution in [1.82, 2.24) is 0 Å². The minimum absolute atomic E-state index is 0.0920. The molecule has 0 saturated heterocycles. The van der Waals surface area contributed by atoms with E-state index in [0.717, 1.165) is 26.1 Å². The standard InChI is InChI=1S/C20H20O3S/c1-4-19(21)23-16-10-9-14-18(11-15(16)12(2)3)24-17-8-6-5-7-13(17)20(14)22/h4-8,11-12,16H,1,9-10H2,2-3H3. The molecule has 4 heteroatoms. The van der Waals surface area contributed by atoms with Gasteiger partial charge in [0.2, 0.25) is 0 Å². The number of hydrogen-bond acceptors (Lipinski definition) is 4. The summed E-state index contributed by atoms with van der Waals surface area (Å²) in [5.74, 6) is -0.193. The van der Waals surface area contributed by atoms with Crippen molar-refractivity contribution in [3.05, 3.63) is 63.2 Å². The number of ether oxygens (including phenoxy) is 1. The monoisotopic (exact) mass is 340 g/mol. The normalized spacial score (nSPS) is 17.1. The highest BCUT2D eigenvalue weighted by molar-refractivity contribution is 7.19. The fourth-order valence-corrected chi connectivity index (χ4v) is 4.26. The highest BCUT2D eigenvalue weighted by Crippen LogP contribution is 2.32. The van der Waals surface area contributed by atoms with Gasteiger partial charge in [-0.3, -0.25) is 4.79 Å². The topological polar surface area (TPSA) is 43.4 Å². The summed E-state index contributed by atoms with van der Waals surface area (Å²) < 4.78 is 6.53. The molecule has 3 rings (SSSR count). The minimum Gasteiger partial charge on any atom is -0.455 e. The van der Waals surface area contributed by atoms with Crippen molar-refractivity contribution >= 4 is 33.5 Å². The maximum atomic E-state index is 12.8. The summed E-state index contributed by atoms with van der Waals surface area (Å²) in [7, 11) is 0. The molecule has 1 aliphatic carbocycles. The number of hydrogen-bond donors (Lipinski definition) is 0. The molecule has 1 aliphatic rings. The first-order chi connectivity index (χ1) is 11.5. The van der Waals surface area contributed by atoms with Gasteiger partial charge >= 0.3 is 5.97 Å². The van der Waals surface area contributed by atoms with Gasteiger partial charge in [0, 0.05) is 26.6 Å². The molecule has 2 aromatic rings. The Hall–Kier alpha value is -2.20. The summed E-state index contributed by atoms with van der Waals surface area (Å²) in [4.78, 5) is 25.5. The molecule has 1 aromatic heterocycles. The summed E-state index contributed by atoms with van der Waals surface area (Å²) in [5, 5.41) is 0.766. The Morgan fingerprint density at radius 3 is 2.83 bits per heavy atom. The van der Waals surface area contributed by atoms with Gasteiger partial charge in [0.15, 0.2) is 5.43 Å². The molecule has 0 aliphatic heterocycles. The third-order valence-electron chi connectivity index (χ3n) is 4.34. The first kappa shape index (κ1) is 16.7. The van der Waals surface area contributed by atoms with Crippen LogP contribution in [0.2, 0.25) is 0 Å². The quantitative estimate of drug-likeness (QED) is 0.616. The van der Waals surface area contributed by atoms with E-state index in [0.29, 0.717) is 12.8 Å². The largest absolute Gasteiger partial charge is 0.455 e. The number of esters is 1. The summed E-state index contributed by atoms with van der Waals surface area (Å²) >= 11 is 1.63. The first-order valence-electron chi connectivity index (χ1n) is 8.10. The third kappa shape index (κ3) is 3.06. The smallest absolute Gasteiger partial charge is 0.330 e. The van der Waals surface area contributed by atoms with Crippen LogP contribution in [0, 0.1) is 5.92 Å². The lowest BCUT2D eigenvalue weighted by Crippen LogP contribution is -2.22. The van der Waals surface area contributed by atoms with E-state index in [1.54, 1.807) is 11.3 Å². The van der Waals surface area contributed by atoms with E-state index in [9.17, 15) is 9.59 Å². The lowest BCUT2D eigenvalue weighted by molar-refractivity contribution is -0.141. The van der Waals surface area contributed by atoms with Gasteiger partial charge in [-0.25, -0.2) is 4.79 Å². The van der Waals surface area contributed by atoms with E-state index in [4.69, 9.17) is 4.74 Å². The second-order valence-electron chi connectivity index (χ2n) is 6.24. The second-order valence-corrected chi connectivity index (χ2v) is 7.32. The molecule has 1 aromatic carbocycles. The van der Waals surface area contributed by atoms with Gasteiger partial charge in [-0.2, -0.15) is 0 Å². The highest BCUT2D eigenvalue weighted by Gasteiger charge is 2.26. The first-order valence-corrected chi connectivity index (χ1v) is 8.92. The molecule has 0 spiro atoms. The van der Waals surface area contributed by atoms with Gasteiger partial charge in [0.05, 0.1) is 0 Å². The van der Waals surface area contributed by atoms with E-state index in [-0.39, 0.29) is 17.5 Å². The van der Waals surface area contributed by atoms with Crippen molar-refractivity contribution in [2.45, 2.75) is 32.8 Å². The molecular weight excluding hydrogens is 320 g/mol. The van der Waals surface area contributed by atoms with Crippen LogP contribution in [0.5, 0.6) is 0 Å². The number of carbonyl (C=O) groups is 1. The van der Waals surface area contributed by atoms with Crippen LogP contribution in [-0.2, 0) is 16.0 Å². The van der Waals surface area contributed by atoms with Gasteiger partial charge in [0.1, 0.15) is 6.10 Å². The molecule has 0 N–H and O–H groups in total. The van der Waals surface area contributed by atoms with Crippen molar-refractivity contribution in [2.75, 3.05) is 0 Å². The van der Waals surface area contributed by atoms with Gasteiger partial charge in [-0.05, 0) is 42.5 Å². The number of rotatable bonds is 3. The summed E-state index contributed by atoms with van der Waals surface area (Å²) in [6.07, 6.45) is 4.16. The van der Waals surface area contributed by atoms with E-state index in [1.807, 2.05) is 30.3 Å². The fraction of sp³-hybridized carbons (Fsp3) is 0.300. The molecule has 1 unspecified atom stereocenters. The van der Waals surface area contributed by atoms with Gasteiger partial charge in [0.25, 0.3) is 0 Å². The van der Waals surface area contributed by atoms with Crippen LogP contribution in [0.4, 0.5) is 0 Å². The number of benzene rings is 1. The average molecular weight is 340 g/mol. The van der Waals surface area contributed by atoms with Crippen LogP contribution in [0.25, 0.3) is 16.2 Å². The molecule has 3 nitrogen and oxygen atoms in total. The Balaban J connectivity index is 2.14. The Morgan fingerprint density at radius 2 is 2.12 bits per heavy atom. The van der Waals surface area contributed by atoms with E-state index in [2.05, 4.69) is 20.4 Å². The highest BCUT2D eigenvalue weighted by atomic mass is 32.1. The molecule has 24 heavy (non-hydrogen) atoms. The van der Waals surface area contributed by atoms with Crippen LogP contribution in [-0.4, -0.2) is 12.1 Å². The Kier molecular flexibility index (Phi) is 4.67. The predicted molar refractivity (Wildman–Crippen MR) is 99.3 cm³/mol. The Labute approximate surface area is 145 Å². The van der Waals surface area contributed by atoms with Crippen LogP contribution < -0.4 is 5.43 Å². The molecule has 0 bridgehead atoms. The summed E-state index contributed by atoms with van der Waals surface area (Å²) in [5.41, 5.74) is 1.97. The molecule has 0 amide bonds. The SMILES string of the molecule is C=CC(=O)OC1CCc2c(sc3ccccc3c2=O)C=C1C(C)C. The number of fused-ring (bicyclic) bond motifs is 2. The Morgan fingerprint density at radius 1 is 1.38 bits per heavy atom. The molecule has 1 atom stereocenters. The fourth-order valence-electron chi connectivity index (χ4n) is 3.09. The summed E-state index contributed by atoms with van der Waals surface area (Å²) in [6, 6.07) is 7.69. The van der Waals surface area contributed by atoms with E-state index >= 15 is 0 Å². The van der Waals surface area contributed by atoms with Crippen LogP contribution in [0.15, 0.2) is 47.3 Å². The van der Waals surface area contributed by atoms with Gasteiger partial charge in [-0.1, -0.05) is 32.6 Å². The molecule has 0 radical (unpaired) electrons. The second kappa shape index (κ2) is 6.73. The molecule has 124 valence electrons. The third-order valence-corrected chi connectivity index (χ3v) is 5.50. The molecule has 0 fully saturated rings. The zero-order chi connectivity index (χ0) is 17.3. The van der Waals surface area contributed by atoms with Gasteiger partial charge in [-0.15, -0.1) is 11.3 Å². The van der Waals surface area contributed by atoms with E-state index in [1.165, 1.54) is 6.08 Å². The maximum Gasteiger partial charge on any atom is 0.330 e. The van der Waals surface area contributed by atoms with Crippen molar-refractivity contribution in [2.24, 2.45) is 5.92 Å². The maximum absolute atomic E-state index is 12.8. The zero-order valence-corrected chi connectivity index (χ0v) is 14.7. The molecule has 0 saturated carbocycles. The van der Waals surface area contributed by atoms with E-state index < -0.39 is 5.97 Å². The average Bonchev–Trinajstić information content (AvgIpc) is 2.75. The van der Waals surface area contributed by atoms with Crippen molar-refractivity contribution in [3.8, 4) is 0 Å². The lowest BCUT2D eigenvalue weighted by atomic mass is 9.95. The van der Waals surface area contributed by atoms with Crippen LogP contribution in [0.1, 0.15) is 30.7 Å². The van der Waals surface area contributed by atoms with Gasteiger partial charge < -0.3 is 4.74 Å². The molecule has 1 heterocycles. The molecular formula is C20H20O3S. The predicted octanol–water partition coefficient (Wildman–Crippen LogP) is 4.34. The zero-order valence-electron chi connectivity index (χ0n) is 13.9. The van der Waals surface area contributed by atoms with Crippen LogP contribution in [0.3, 0.4) is 0 Å². The Bertz CT molecular complexity index is 889. The summed E-state index contributed by atoms with van der Waals surface area (Å²) in [6.45, 7) is 7.63. The van der Waals surface area contributed by atoms with Crippen LogP contribution >= 0.6 is 11.3 Å². The number of carbonyl (C=O) groups excluding carboxylic acids is 1. The lowest BCUT2D eigenvalue weighted by Gasteiger charge is -2.21. The minimum atomic E-state index is -0.423. The van der Waals surface area contributed by atoms with Crippen molar-refractivity contribution < 1.29 is 9.53 Å². The van der Waals surface area contributed by atoms with Crippen molar-refractivity contribution in [1.29, 1.82) is 0 Å². The van der Waals surface area contributed by atoms with Crippen molar-refractivity contribution in [3.63, 3.8) is 0 Å².